The lowest BCUT2D eigenvalue weighted by Crippen LogP contribution is -2.35. The van der Waals surface area contributed by atoms with Crippen LogP contribution in [-0.4, -0.2) is 45.8 Å². The van der Waals surface area contributed by atoms with Crippen molar-refractivity contribution in [3.8, 4) is 34.3 Å². The highest BCUT2D eigenvalue weighted by molar-refractivity contribution is 5.92. The van der Waals surface area contributed by atoms with Crippen molar-refractivity contribution in [1.82, 2.24) is 4.90 Å². The van der Waals surface area contributed by atoms with E-state index in [4.69, 9.17) is 23.4 Å². The molecule has 0 saturated heterocycles. The van der Waals surface area contributed by atoms with Gasteiger partial charge in [-0.3, -0.25) is 4.79 Å². The molecule has 0 spiro atoms. The fourth-order valence-electron chi connectivity index (χ4n) is 3.81. The molecule has 162 valence electrons. The van der Waals surface area contributed by atoms with Gasteiger partial charge in [-0.1, -0.05) is 0 Å². The Morgan fingerprint density at radius 3 is 2.23 bits per heavy atom. The molecule has 7 heteroatoms. The summed E-state index contributed by atoms with van der Waals surface area (Å²) >= 11 is 0. The summed E-state index contributed by atoms with van der Waals surface area (Å²) in [4.78, 5) is 14.9. The van der Waals surface area contributed by atoms with Crippen LogP contribution in [0.1, 0.15) is 21.7 Å². The van der Waals surface area contributed by atoms with E-state index in [2.05, 4.69) is 0 Å². The van der Waals surface area contributed by atoms with Crippen LogP contribution in [0.15, 0.2) is 46.9 Å². The van der Waals surface area contributed by atoms with E-state index in [0.29, 0.717) is 41.8 Å². The lowest BCUT2D eigenvalue weighted by molar-refractivity contribution is 0.0703. The highest BCUT2D eigenvalue weighted by Crippen LogP contribution is 2.36. The molecule has 0 radical (unpaired) electrons. The average Bonchev–Trinajstić information content (AvgIpc) is 3.31. The third kappa shape index (κ3) is 3.91. The quantitative estimate of drug-likeness (QED) is 0.592. The van der Waals surface area contributed by atoms with Gasteiger partial charge in [0, 0.05) is 19.2 Å². The fraction of sp³-hybridized carbons (Fsp3) is 0.292. The van der Waals surface area contributed by atoms with Crippen LogP contribution >= 0.6 is 0 Å². The summed E-state index contributed by atoms with van der Waals surface area (Å²) in [6, 6.07) is 12.9. The number of fused-ring (bicyclic) bond motifs is 1. The number of nitrogens with zero attached hydrogens (tertiary/aromatic N) is 1. The molecule has 0 atom stereocenters. The van der Waals surface area contributed by atoms with E-state index < -0.39 is 0 Å². The third-order valence-electron chi connectivity index (χ3n) is 5.50. The molecule has 0 saturated carbocycles. The Labute approximate surface area is 181 Å². The van der Waals surface area contributed by atoms with E-state index in [0.717, 1.165) is 23.1 Å². The molecule has 1 aliphatic heterocycles. The zero-order valence-corrected chi connectivity index (χ0v) is 18.1. The van der Waals surface area contributed by atoms with Crippen LogP contribution in [0.4, 0.5) is 0 Å². The van der Waals surface area contributed by atoms with Crippen LogP contribution in [0.5, 0.6) is 23.0 Å². The molecule has 1 aliphatic rings. The Morgan fingerprint density at radius 1 is 0.839 bits per heavy atom. The van der Waals surface area contributed by atoms with Gasteiger partial charge in [0.2, 0.25) is 0 Å². The van der Waals surface area contributed by atoms with Crippen molar-refractivity contribution in [3.63, 3.8) is 0 Å². The minimum Gasteiger partial charge on any atom is -0.497 e. The predicted octanol–water partition coefficient (Wildman–Crippen LogP) is 4.18. The fourth-order valence-corrected chi connectivity index (χ4v) is 3.81. The molecule has 0 unspecified atom stereocenters. The van der Waals surface area contributed by atoms with Gasteiger partial charge in [0.25, 0.3) is 5.91 Å². The Kier molecular flexibility index (Phi) is 5.75. The van der Waals surface area contributed by atoms with E-state index in [1.54, 1.807) is 51.5 Å². The van der Waals surface area contributed by atoms with Crippen LogP contribution in [-0.2, 0) is 13.0 Å². The van der Waals surface area contributed by atoms with E-state index in [9.17, 15) is 4.79 Å². The first-order chi connectivity index (χ1) is 15.1. The maximum Gasteiger partial charge on any atom is 0.289 e. The topological polar surface area (TPSA) is 70.4 Å². The Morgan fingerprint density at radius 2 is 1.55 bits per heavy atom. The zero-order chi connectivity index (χ0) is 22.0. The van der Waals surface area contributed by atoms with Crippen molar-refractivity contribution in [1.29, 1.82) is 0 Å². The highest BCUT2D eigenvalue weighted by Gasteiger charge is 2.26. The minimum absolute atomic E-state index is 0.154. The second kappa shape index (κ2) is 8.63. The molecule has 4 rings (SSSR count). The molecule has 31 heavy (non-hydrogen) atoms. The van der Waals surface area contributed by atoms with Crippen LogP contribution in [0.3, 0.4) is 0 Å². The number of carbonyl (C=O) groups excluding carboxylic acids is 1. The maximum absolute atomic E-state index is 13.1. The molecule has 3 aromatic rings. The highest BCUT2D eigenvalue weighted by atomic mass is 16.5. The van der Waals surface area contributed by atoms with E-state index in [-0.39, 0.29) is 11.7 Å². The van der Waals surface area contributed by atoms with E-state index in [1.165, 1.54) is 0 Å². The molecule has 1 aromatic heterocycles. The van der Waals surface area contributed by atoms with Crippen molar-refractivity contribution < 1.29 is 28.2 Å². The molecule has 7 nitrogen and oxygen atoms in total. The number of furan rings is 1. The number of ether oxygens (including phenoxy) is 4. The second-order valence-electron chi connectivity index (χ2n) is 7.18. The standard InChI is InChI=1S/C24H25NO6/c1-27-17-5-6-18(21(13-17)28-2)19-7-8-20(31-19)24(26)25-10-9-15-11-22(29-3)23(30-4)12-16(15)14-25/h5-8,11-13H,9-10,14H2,1-4H3. The smallest absolute Gasteiger partial charge is 0.289 e. The average molecular weight is 423 g/mol. The van der Waals surface area contributed by atoms with Gasteiger partial charge in [0.05, 0.1) is 34.0 Å². The molecule has 0 aliphatic carbocycles. The Hall–Kier alpha value is -3.61. The maximum atomic E-state index is 13.1. The molecule has 2 aromatic carbocycles. The Bertz CT molecular complexity index is 1100. The van der Waals surface area contributed by atoms with Crippen LogP contribution in [0.2, 0.25) is 0 Å². The van der Waals surface area contributed by atoms with Gasteiger partial charge in [0.1, 0.15) is 17.3 Å². The summed E-state index contributed by atoms with van der Waals surface area (Å²) in [5.41, 5.74) is 2.95. The van der Waals surface area contributed by atoms with Crippen LogP contribution in [0.25, 0.3) is 11.3 Å². The lowest BCUT2D eigenvalue weighted by atomic mass is 9.98. The largest absolute Gasteiger partial charge is 0.497 e. The molecule has 0 fully saturated rings. The van der Waals surface area contributed by atoms with Gasteiger partial charge >= 0.3 is 0 Å². The molecule has 1 amide bonds. The summed E-state index contributed by atoms with van der Waals surface area (Å²) in [6.45, 7) is 1.08. The normalized spacial score (nSPS) is 12.8. The summed E-state index contributed by atoms with van der Waals surface area (Å²) in [6.07, 6.45) is 0.737. The van der Waals surface area contributed by atoms with Gasteiger partial charge in [-0.05, 0) is 53.9 Å². The van der Waals surface area contributed by atoms with Gasteiger partial charge < -0.3 is 28.3 Å². The van der Waals surface area contributed by atoms with Crippen LogP contribution in [0, 0.1) is 0 Å². The molecule has 0 bridgehead atoms. The van der Waals surface area contributed by atoms with Gasteiger partial charge in [-0.2, -0.15) is 0 Å². The third-order valence-corrected chi connectivity index (χ3v) is 5.50. The molecule has 2 heterocycles. The number of methoxy groups -OCH3 is 4. The molecule has 0 N–H and O–H groups in total. The van der Waals surface area contributed by atoms with E-state index in [1.807, 2.05) is 24.3 Å². The lowest BCUT2D eigenvalue weighted by Gasteiger charge is -2.29. The van der Waals surface area contributed by atoms with Crippen molar-refractivity contribution in [2.24, 2.45) is 0 Å². The van der Waals surface area contributed by atoms with Crippen molar-refractivity contribution in [3.05, 3.63) is 59.4 Å². The zero-order valence-electron chi connectivity index (χ0n) is 18.1. The second-order valence-corrected chi connectivity index (χ2v) is 7.18. The first-order valence-corrected chi connectivity index (χ1v) is 9.93. The van der Waals surface area contributed by atoms with Gasteiger partial charge in [-0.15, -0.1) is 0 Å². The first-order valence-electron chi connectivity index (χ1n) is 9.93. The first kappa shape index (κ1) is 20.7. The van der Waals surface area contributed by atoms with E-state index >= 15 is 0 Å². The number of carbonyl (C=O) groups is 1. The number of rotatable bonds is 6. The number of hydrogen-bond donors (Lipinski definition) is 0. The molecular formula is C24H25NO6. The van der Waals surface area contributed by atoms with Crippen LogP contribution < -0.4 is 18.9 Å². The van der Waals surface area contributed by atoms with Crippen molar-refractivity contribution in [2.75, 3.05) is 35.0 Å². The summed E-state index contributed by atoms with van der Waals surface area (Å²) in [5.74, 6) is 3.35. The summed E-state index contributed by atoms with van der Waals surface area (Å²) < 4.78 is 27.4. The van der Waals surface area contributed by atoms with Crippen molar-refractivity contribution >= 4 is 5.91 Å². The summed E-state index contributed by atoms with van der Waals surface area (Å²) in [5, 5.41) is 0. The monoisotopic (exact) mass is 423 g/mol. The molecular weight excluding hydrogens is 398 g/mol. The minimum atomic E-state index is -0.154. The number of amides is 1. The van der Waals surface area contributed by atoms with Gasteiger partial charge in [0.15, 0.2) is 17.3 Å². The number of benzene rings is 2. The van der Waals surface area contributed by atoms with Crippen molar-refractivity contribution in [2.45, 2.75) is 13.0 Å². The van der Waals surface area contributed by atoms with Gasteiger partial charge in [-0.25, -0.2) is 0 Å². The SMILES string of the molecule is COc1ccc(-c2ccc(C(=O)N3CCc4cc(OC)c(OC)cc4C3)o2)c(OC)c1. The predicted molar refractivity (Wildman–Crippen MR) is 115 cm³/mol. The summed E-state index contributed by atoms with van der Waals surface area (Å²) in [7, 11) is 6.41. The number of hydrogen-bond acceptors (Lipinski definition) is 6. The Balaban J connectivity index is 1.56.